The molecule has 58 heavy (non-hydrogen) atoms. The molecule has 0 aromatic heterocycles. The summed E-state index contributed by atoms with van der Waals surface area (Å²) >= 11 is 0. The van der Waals surface area contributed by atoms with Crippen LogP contribution in [0, 0.1) is 10.1 Å². The molecule has 16 nitrogen and oxygen atoms in total. The topological polar surface area (TPSA) is 184 Å². The Balaban J connectivity index is 3.87. The Hall–Kier alpha value is -4.15. The van der Waals surface area contributed by atoms with Gasteiger partial charge in [-0.25, -0.2) is 0 Å². The molecule has 0 unspecified atom stereocenters. The number of nitro groups is 1. The highest BCUT2D eigenvalue weighted by molar-refractivity contribution is 5.76. The summed E-state index contributed by atoms with van der Waals surface area (Å²) in [6.07, 6.45) is 0.169. The number of non-ortho nitro benzene ring substituents is 1. The molecule has 16 heteroatoms. The van der Waals surface area contributed by atoms with Crippen molar-refractivity contribution in [2.75, 3.05) is 45.8 Å². The lowest BCUT2D eigenvalue weighted by atomic mass is 10.0. The molecule has 0 saturated heterocycles. The summed E-state index contributed by atoms with van der Waals surface area (Å²) < 4.78 is 28.2. The zero-order valence-corrected chi connectivity index (χ0v) is 37.8. The van der Waals surface area contributed by atoms with Crippen LogP contribution < -0.4 is 0 Å². The van der Waals surface area contributed by atoms with Crippen molar-refractivity contribution in [1.29, 1.82) is 0 Å². The molecule has 0 aliphatic heterocycles. The second-order valence-corrected chi connectivity index (χ2v) is 19.6. The highest BCUT2D eigenvalue weighted by Gasteiger charge is 2.33. The molecule has 330 valence electrons. The molecule has 1 rings (SSSR count). The summed E-state index contributed by atoms with van der Waals surface area (Å²) in [5.74, 6) is -2.93. The number of hydrogen-bond donors (Lipinski definition) is 0. The number of rotatable bonds is 19. The molecule has 0 bridgehead atoms. The van der Waals surface area contributed by atoms with E-state index in [9.17, 15) is 34.1 Å². The third kappa shape index (κ3) is 23.9. The third-order valence-corrected chi connectivity index (χ3v) is 7.53. The van der Waals surface area contributed by atoms with Crippen LogP contribution >= 0.6 is 0 Å². The third-order valence-electron chi connectivity index (χ3n) is 7.53. The molecular formula is C42H70N4O12. The average Bonchev–Trinajstić information content (AvgIpc) is 2.95. The fourth-order valence-corrected chi connectivity index (χ4v) is 5.72. The molecular weight excluding hydrogens is 752 g/mol. The maximum Gasteiger partial charge on any atom is 0.320 e. The molecule has 0 aliphatic rings. The van der Waals surface area contributed by atoms with Crippen LogP contribution in [0.5, 0.6) is 0 Å². The van der Waals surface area contributed by atoms with E-state index in [0.717, 1.165) is 0 Å². The molecule has 0 radical (unpaired) electrons. The van der Waals surface area contributed by atoms with Gasteiger partial charge in [-0.1, -0.05) is 12.1 Å². The number of benzene rings is 1. The monoisotopic (exact) mass is 822 g/mol. The van der Waals surface area contributed by atoms with Gasteiger partial charge in [0.25, 0.3) is 5.69 Å². The van der Waals surface area contributed by atoms with Crippen LogP contribution in [0.15, 0.2) is 24.3 Å². The van der Waals surface area contributed by atoms with Gasteiger partial charge in [-0.2, -0.15) is 0 Å². The molecule has 0 fully saturated rings. The van der Waals surface area contributed by atoms with Crippen molar-refractivity contribution >= 4 is 35.5 Å². The summed E-state index contributed by atoms with van der Waals surface area (Å²) in [5, 5.41) is 11.5. The fraction of sp³-hybridized carbons (Fsp3) is 0.738. The van der Waals surface area contributed by atoms with E-state index >= 15 is 0 Å². The highest BCUT2D eigenvalue weighted by Crippen LogP contribution is 2.20. The summed E-state index contributed by atoms with van der Waals surface area (Å²) in [4.78, 5) is 82.6. The Kier molecular flexibility index (Phi) is 19.0. The maximum atomic E-state index is 13.5. The van der Waals surface area contributed by atoms with Crippen LogP contribution in [0.25, 0.3) is 0 Å². The highest BCUT2D eigenvalue weighted by atomic mass is 16.6. The van der Waals surface area contributed by atoms with Crippen molar-refractivity contribution in [1.82, 2.24) is 14.7 Å². The minimum Gasteiger partial charge on any atom is -0.459 e. The second kappa shape index (κ2) is 21.2. The van der Waals surface area contributed by atoms with Crippen molar-refractivity contribution in [3.05, 3.63) is 39.9 Å². The first kappa shape index (κ1) is 51.9. The largest absolute Gasteiger partial charge is 0.459 e. The van der Waals surface area contributed by atoms with E-state index in [1.165, 1.54) is 12.1 Å². The van der Waals surface area contributed by atoms with Crippen LogP contribution in [0.2, 0.25) is 0 Å². The van der Waals surface area contributed by atoms with E-state index in [0.29, 0.717) is 5.56 Å². The first-order chi connectivity index (χ1) is 26.1. The second-order valence-electron chi connectivity index (χ2n) is 19.6. The number of nitro benzene ring substituents is 1. The summed E-state index contributed by atoms with van der Waals surface area (Å²) in [6, 6.07) is 4.63. The predicted molar refractivity (Wildman–Crippen MR) is 219 cm³/mol. The summed E-state index contributed by atoms with van der Waals surface area (Å²) in [5.41, 5.74) is -3.56. The quantitative estimate of drug-likeness (QED) is 0.0736. The van der Waals surface area contributed by atoms with Gasteiger partial charge in [-0.15, -0.1) is 0 Å². The molecule has 0 N–H and O–H groups in total. The Labute approximate surface area is 345 Å². The van der Waals surface area contributed by atoms with Crippen molar-refractivity contribution in [2.24, 2.45) is 0 Å². The summed E-state index contributed by atoms with van der Waals surface area (Å²) in [7, 11) is 0. The smallest absolute Gasteiger partial charge is 0.320 e. The van der Waals surface area contributed by atoms with Gasteiger partial charge in [0, 0.05) is 37.3 Å². The Bertz CT molecular complexity index is 1480. The van der Waals surface area contributed by atoms with E-state index in [4.69, 9.17) is 23.7 Å². The molecule has 0 heterocycles. The van der Waals surface area contributed by atoms with Gasteiger partial charge in [0.1, 0.15) is 28.0 Å². The predicted octanol–water partition coefficient (Wildman–Crippen LogP) is 5.51. The Morgan fingerprint density at radius 3 is 1.16 bits per heavy atom. The normalized spacial score (nSPS) is 13.8. The van der Waals surface area contributed by atoms with E-state index in [2.05, 4.69) is 0 Å². The molecule has 2 atom stereocenters. The SMILES string of the molecule is C[C@@H](CN(CC(=O)OC(C)(C)C)C[C@H](Cc1ccc([N+](=O)[O-])cc1)N(CC(=O)OC(C)(C)C)CC(=O)OC(C)(C)C)N(CC(=O)OC(C)(C)C)CC(=O)OC(C)(C)C. The van der Waals surface area contributed by atoms with Crippen LogP contribution in [-0.4, -0.2) is 135 Å². The maximum absolute atomic E-state index is 13.5. The van der Waals surface area contributed by atoms with Gasteiger partial charge in [0.2, 0.25) is 0 Å². The number of carbonyl (C=O) groups excluding carboxylic acids is 5. The summed E-state index contributed by atoms with van der Waals surface area (Å²) in [6.45, 7) is 26.4. The average molecular weight is 823 g/mol. The zero-order chi connectivity index (χ0) is 45.0. The van der Waals surface area contributed by atoms with Gasteiger partial charge in [0.05, 0.1) is 37.6 Å². The molecule has 0 amide bonds. The first-order valence-electron chi connectivity index (χ1n) is 19.6. The minimum absolute atomic E-state index is 0.0406. The molecule has 0 saturated carbocycles. The van der Waals surface area contributed by atoms with E-state index in [-0.39, 0.29) is 57.9 Å². The van der Waals surface area contributed by atoms with E-state index < -0.39 is 74.9 Å². The van der Waals surface area contributed by atoms with Gasteiger partial charge < -0.3 is 23.7 Å². The molecule has 1 aromatic rings. The number of esters is 5. The fourth-order valence-electron chi connectivity index (χ4n) is 5.72. The standard InChI is InChI=1S/C42H70N4O12/c1-29(44(25-34(48)55-39(5,6)7)26-35(49)56-40(8,9)10)22-43(24-33(47)54-38(2,3)4)23-32(21-30-17-19-31(20-18-30)46(52)53)45(27-36(50)57-41(11,12)13)28-37(51)58-42(14,15)16/h17-20,29,32H,21-28H2,1-16H3/t29-,32-/m0/s1. The lowest BCUT2D eigenvalue weighted by molar-refractivity contribution is -0.384. The van der Waals surface area contributed by atoms with Gasteiger partial charge in [-0.3, -0.25) is 48.8 Å². The Morgan fingerprint density at radius 1 is 0.534 bits per heavy atom. The number of carbonyl (C=O) groups is 5. The van der Waals surface area contributed by atoms with Crippen LogP contribution in [0.4, 0.5) is 5.69 Å². The minimum atomic E-state index is -0.841. The number of hydrogen-bond acceptors (Lipinski definition) is 15. The van der Waals surface area contributed by atoms with Crippen LogP contribution in [-0.2, 0) is 54.1 Å². The molecule has 0 spiro atoms. The Morgan fingerprint density at radius 2 is 0.845 bits per heavy atom. The van der Waals surface area contributed by atoms with Crippen molar-refractivity contribution < 1.29 is 52.6 Å². The van der Waals surface area contributed by atoms with Crippen molar-refractivity contribution in [3.63, 3.8) is 0 Å². The number of ether oxygens (including phenoxy) is 5. The van der Waals surface area contributed by atoms with Crippen LogP contribution in [0.1, 0.15) is 116 Å². The lowest BCUT2D eigenvalue weighted by Gasteiger charge is -2.38. The van der Waals surface area contributed by atoms with E-state index in [1.54, 1.807) is 138 Å². The molecule has 0 aliphatic carbocycles. The van der Waals surface area contributed by atoms with Gasteiger partial charge in [-0.05, 0) is 123 Å². The first-order valence-corrected chi connectivity index (χ1v) is 19.6. The van der Waals surface area contributed by atoms with Gasteiger partial charge >= 0.3 is 29.8 Å². The van der Waals surface area contributed by atoms with Crippen molar-refractivity contribution in [3.8, 4) is 0 Å². The van der Waals surface area contributed by atoms with Gasteiger partial charge in [0.15, 0.2) is 0 Å². The number of nitrogens with zero attached hydrogens (tertiary/aromatic N) is 4. The van der Waals surface area contributed by atoms with Crippen LogP contribution in [0.3, 0.4) is 0 Å². The zero-order valence-electron chi connectivity index (χ0n) is 37.8. The lowest BCUT2D eigenvalue weighted by Crippen LogP contribution is -2.54. The molecule has 1 aromatic carbocycles. The van der Waals surface area contributed by atoms with Crippen molar-refractivity contribution in [2.45, 2.75) is 157 Å². The van der Waals surface area contributed by atoms with E-state index in [1.807, 2.05) is 0 Å².